The number of nitrogens with zero attached hydrogens (tertiary/aromatic N) is 5. The Kier molecular flexibility index (Phi) is 9.26. The standard InChI is InChI=1S/C34H37FN6O2S/c1-3-4-25-6-5-23(2)19-31(25)40-17-18-44-34(40)38-33(42)37-28-12-11-27(20-28)24-7-9-26(10-8-24)32-36-22-41(39-32)29-13-15-30(16-14-29)43-21-35/h5-10,13-16,19,22,27-28H,3-4,11-12,17-18,20-21H2,1-2H3,(H,37,42)/b38-34-. The minimum atomic E-state index is -0.860. The van der Waals surface area contributed by atoms with Crippen LogP contribution in [0.5, 0.6) is 5.75 Å². The number of aromatic nitrogens is 3. The number of ether oxygens (including phenoxy) is 1. The molecule has 44 heavy (non-hydrogen) atoms. The number of rotatable bonds is 9. The van der Waals surface area contributed by atoms with Gasteiger partial charge in [-0.15, -0.1) is 5.10 Å². The lowest BCUT2D eigenvalue weighted by Gasteiger charge is -2.22. The number of benzene rings is 3. The molecule has 0 bridgehead atoms. The third-order valence-corrected chi connectivity index (χ3v) is 9.20. The largest absolute Gasteiger partial charge is 0.463 e. The lowest BCUT2D eigenvalue weighted by Crippen LogP contribution is -2.33. The Bertz CT molecular complexity index is 1620. The number of aryl methyl sites for hydroxylation is 2. The van der Waals surface area contributed by atoms with E-state index in [4.69, 9.17) is 4.74 Å². The molecule has 4 aromatic rings. The summed E-state index contributed by atoms with van der Waals surface area (Å²) < 4.78 is 18.9. The first kappa shape index (κ1) is 29.9. The van der Waals surface area contributed by atoms with E-state index in [-0.39, 0.29) is 12.1 Å². The van der Waals surface area contributed by atoms with Gasteiger partial charge in [0.1, 0.15) is 12.1 Å². The molecule has 1 aliphatic carbocycles. The number of amidine groups is 1. The van der Waals surface area contributed by atoms with E-state index in [2.05, 4.69) is 81.6 Å². The average Bonchev–Trinajstić information content (AvgIpc) is 3.81. The Balaban J connectivity index is 1.06. The summed E-state index contributed by atoms with van der Waals surface area (Å²) in [5, 5.41) is 8.57. The number of carbonyl (C=O) groups excluding carboxylic acids is 1. The fourth-order valence-corrected chi connectivity index (χ4v) is 6.96. The van der Waals surface area contributed by atoms with Gasteiger partial charge in [-0.1, -0.05) is 61.5 Å². The highest BCUT2D eigenvalue weighted by atomic mass is 32.2. The van der Waals surface area contributed by atoms with Gasteiger partial charge < -0.3 is 15.0 Å². The van der Waals surface area contributed by atoms with Crippen molar-refractivity contribution in [3.63, 3.8) is 0 Å². The fraction of sp³-hybridized carbons (Fsp3) is 0.353. The Hall–Kier alpha value is -4.18. The van der Waals surface area contributed by atoms with Gasteiger partial charge in [-0.2, -0.15) is 4.99 Å². The SMILES string of the molecule is CCCc1ccc(C)cc1N1CCS/C1=N\C(=O)NC1CCC(c2ccc(-c3ncn(-c4ccc(OCF)cc4)n3)cc2)C1. The lowest BCUT2D eigenvalue weighted by molar-refractivity contribution is 0.192. The second-order valence-electron chi connectivity index (χ2n) is 11.3. The van der Waals surface area contributed by atoms with Crippen LogP contribution in [-0.4, -0.2) is 51.2 Å². The molecule has 2 unspecified atom stereocenters. The molecule has 0 spiro atoms. The molecular formula is C34H37FN6O2S. The third-order valence-electron chi connectivity index (χ3n) is 8.24. The van der Waals surface area contributed by atoms with Crippen LogP contribution in [0.15, 0.2) is 78.0 Å². The van der Waals surface area contributed by atoms with E-state index in [0.29, 0.717) is 17.5 Å². The maximum Gasteiger partial charge on any atom is 0.343 e. The number of urea groups is 1. The zero-order valence-electron chi connectivity index (χ0n) is 25.1. The van der Waals surface area contributed by atoms with E-state index in [9.17, 15) is 9.18 Å². The number of amides is 2. The minimum absolute atomic E-state index is 0.102. The highest BCUT2D eigenvalue weighted by Crippen LogP contribution is 2.36. The van der Waals surface area contributed by atoms with Crippen molar-refractivity contribution in [1.29, 1.82) is 0 Å². The Morgan fingerprint density at radius 3 is 2.70 bits per heavy atom. The smallest absolute Gasteiger partial charge is 0.343 e. The van der Waals surface area contributed by atoms with Crippen molar-refractivity contribution < 1.29 is 13.9 Å². The monoisotopic (exact) mass is 612 g/mol. The number of carbonyl (C=O) groups is 1. The molecule has 2 heterocycles. The molecule has 2 amide bonds. The molecule has 228 valence electrons. The number of thioether (sulfide) groups is 1. The molecule has 2 aliphatic rings. The van der Waals surface area contributed by atoms with Crippen molar-refractivity contribution in [2.45, 2.75) is 57.9 Å². The quantitative estimate of drug-likeness (QED) is 0.211. The van der Waals surface area contributed by atoms with Crippen LogP contribution in [0.4, 0.5) is 14.9 Å². The molecule has 8 nitrogen and oxygen atoms in total. The van der Waals surface area contributed by atoms with Crippen LogP contribution >= 0.6 is 11.8 Å². The fourth-order valence-electron chi connectivity index (χ4n) is 6.02. The molecule has 2 atom stereocenters. The van der Waals surface area contributed by atoms with E-state index < -0.39 is 6.86 Å². The number of hydrogen-bond donors (Lipinski definition) is 1. The summed E-state index contributed by atoms with van der Waals surface area (Å²) in [6.07, 6.45) is 6.58. The number of hydrogen-bond acceptors (Lipinski definition) is 5. The molecule has 2 fully saturated rings. The average molecular weight is 613 g/mol. The van der Waals surface area contributed by atoms with Gasteiger partial charge in [-0.3, -0.25) is 0 Å². The molecule has 1 saturated heterocycles. The van der Waals surface area contributed by atoms with Crippen molar-refractivity contribution >= 4 is 28.6 Å². The summed E-state index contributed by atoms with van der Waals surface area (Å²) in [6.45, 7) is 4.30. The summed E-state index contributed by atoms with van der Waals surface area (Å²) in [4.78, 5) is 24.2. The minimum Gasteiger partial charge on any atom is -0.463 e. The zero-order chi connectivity index (χ0) is 30.5. The van der Waals surface area contributed by atoms with Crippen molar-refractivity contribution in [2.24, 2.45) is 4.99 Å². The summed E-state index contributed by atoms with van der Waals surface area (Å²) in [5.74, 6) is 2.39. The molecule has 3 aromatic carbocycles. The van der Waals surface area contributed by atoms with Gasteiger partial charge in [0.15, 0.2) is 11.0 Å². The van der Waals surface area contributed by atoms with Gasteiger partial charge in [0, 0.05) is 29.6 Å². The van der Waals surface area contributed by atoms with Crippen molar-refractivity contribution in [1.82, 2.24) is 20.1 Å². The van der Waals surface area contributed by atoms with Crippen LogP contribution in [0.25, 0.3) is 17.1 Å². The summed E-state index contributed by atoms with van der Waals surface area (Å²) >= 11 is 1.65. The van der Waals surface area contributed by atoms with Crippen LogP contribution in [0.1, 0.15) is 55.2 Å². The number of nitrogens with one attached hydrogen (secondary N) is 1. The molecule has 1 aromatic heterocycles. The molecule has 6 rings (SSSR count). The second kappa shape index (κ2) is 13.6. The first-order valence-corrected chi connectivity index (χ1v) is 16.2. The third kappa shape index (κ3) is 6.80. The number of halogens is 1. The van der Waals surface area contributed by atoms with E-state index in [1.165, 1.54) is 22.4 Å². The van der Waals surface area contributed by atoms with Gasteiger partial charge in [-0.05, 0) is 85.5 Å². The van der Waals surface area contributed by atoms with Gasteiger partial charge in [0.25, 0.3) is 0 Å². The van der Waals surface area contributed by atoms with Crippen LogP contribution < -0.4 is 15.0 Å². The van der Waals surface area contributed by atoms with Crippen LogP contribution in [0.3, 0.4) is 0 Å². The number of aliphatic imine (C=N–C) groups is 1. The van der Waals surface area contributed by atoms with Crippen molar-refractivity contribution in [2.75, 3.05) is 24.1 Å². The van der Waals surface area contributed by atoms with Crippen molar-refractivity contribution in [3.05, 3.63) is 89.7 Å². The maximum atomic E-state index is 13.0. The van der Waals surface area contributed by atoms with Crippen LogP contribution in [0.2, 0.25) is 0 Å². The number of anilines is 1. The predicted octanol–water partition coefficient (Wildman–Crippen LogP) is 7.46. The van der Waals surface area contributed by atoms with Crippen molar-refractivity contribution in [3.8, 4) is 22.8 Å². The topological polar surface area (TPSA) is 84.6 Å². The van der Waals surface area contributed by atoms with Crippen LogP contribution in [-0.2, 0) is 6.42 Å². The van der Waals surface area contributed by atoms with E-state index in [1.807, 2.05) is 12.1 Å². The molecular weight excluding hydrogens is 575 g/mol. The van der Waals surface area contributed by atoms with Gasteiger partial charge in [0.2, 0.25) is 6.86 Å². The molecule has 10 heteroatoms. The summed E-state index contributed by atoms with van der Waals surface area (Å²) in [6, 6.07) is 21.8. The Morgan fingerprint density at radius 2 is 1.93 bits per heavy atom. The summed E-state index contributed by atoms with van der Waals surface area (Å²) in [7, 11) is 0. The Labute approximate surface area is 261 Å². The highest BCUT2D eigenvalue weighted by molar-refractivity contribution is 8.14. The van der Waals surface area contributed by atoms with E-state index in [0.717, 1.165) is 60.8 Å². The van der Waals surface area contributed by atoms with Gasteiger partial charge in [0.05, 0.1) is 5.69 Å². The zero-order valence-corrected chi connectivity index (χ0v) is 25.9. The van der Waals surface area contributed by atoms with E-state index >= 15 is 0 Å². The second-order valence-corrected chi connectivity index (χ2v) is 12.4. The molecule has 1 N–H and O–H groups in total. The van der Waals surface area contributed by atoms with Gasteiger partial charge in [-0.25, -0.2) is 18.9 Å². The van der Waals surface area contributed by atoms with Gasteiger partial charge >= 0.3 is 6.03 Å². The Morgan fingerprint density at radius 1 is 1.11 bits per heavy atom. The first-order valence-electron chi connectivity index (χ1n) is 15.2. The predicted molar refractivity (Wildman–Crippen MR) is 175 cm³/mol. The molecule has 0 radical (unpaired) electrons. The maximum absolute atomic E-state index is 13.0. The highest BCUT2D eigenvalue weighted by Gasteiger charge is 2.29. The normalized spacial score (nSPS) is 19.1. The molecule has 1 saturated carbocycles. The lowest BCUT2D eigenvalue weighted by atomic mass is 9.96. The summed E-state index contributed by atoms with van der Waals surface area (Å²) in [5.41, 5.74) is 6.68. The van der Waals surface area contributed by atoms with E-state index in [1.54, 1.807) is 34.9 Å². The first-order chi connectivity index (χ1) is 21.5. The molecule has 1 aliphatic heterocycles. The number of alkyl halides is 1. The van der Waals surface area contributed by atoms with Crippen LogP contribution in [0, 0.1) is 6.92 Å².